The number of benzene rings is 1. The molecule has 0 bridgehead atoms. The minimum Gasteiger partial charge on any atom is -0.355 e. The van der Waals surface area contributed by atoms with Crippen LogP contribution in [0.2, 0.25) is 0 Å². The quantitative estimate of drug-likeness (QED) is 0.826. The third kappa shape index (κ3) is 3.65. The molecule has 0 N–H and O–H groups in total. The predicted molar refractivity (Wildman–Crippen MR) is 102 cm³/mol. The summed E-state index contributed by atoms with van der Waals surface area (Å²) in [7, 11) is 0. The zero-order chi connectivity index (χ0) is 18.7. The second kappa shape index (κ2) is 7.62. The van der Waals surface area contributed by atoms with E-state index in [9.17, 15) is 4.79 Å². The van der Waals surface area contributed by atoms with Crippen LogP contribution < -0.4 is 9.80 Å². The van der Waals surface area contributed by atoms with E-state index in [-0.39, 0.29) is 5.91 Å². The molecule has 0 radical (unpaired) electrons. The first-order valence-electron chi connectivity index (χ1n) is 9.43. The molecule has 2 aliphatic heterocycles. The first-order valence-corrected chi connectivity index (χ1v) is 9.43. The molecule has 0 unspecified atom stereocenters. The van der Waals surface area contributed by atoms with Gasteiger partial charge in [-0.3, -0.25) is 4.79 Å². The maximum Gasteiger partial charge on any atom is 0.278 e. The maximum absolute atomic E-state index is 12.8. The van der Waals surface area contributed by atoms with Crippen molar-refractivity contribution in [3.63, 3.8) is 0 Å². The number of para-hydroxylation sites is 1. The van der Waals surface area contributed by atoms with Gasteiger partial charge in [0.05, 0.1) is 25.6 Å². The van der Waals surface area contributed by atoms with Gasteiger partial charge >= 0.3 is 0 Å². The normalized spacial score (nSPS) is 18.6. The van der Waals surface area contributed by atoms with Crippen LogP contribution in [0.25, 0.3) is 0 Å². The zero-order valence-corrected chi connectivity index (χ0v) is 15.5. The highest BCUT2D eigenvalue weighted by Gasteiger charge is 2.40. The van der Waals surface area contributed by atoms with Crippen LogP contribution >= 0.6 is 0 Å². The van der Waals surface area contributed by atoms with E-state index in [0.29, 0.717) is 25.5 Å². The van der Waals surface area contributed by atoms with Crippen molar-refractivity contribution in [3.05, 3.63) is 48.4 Å². The first-order chi connectivity index (χ1) is 13.2. The average molecular weight is 368 g/mol. The largest absolute Gasteiger partial charge is 0.355 e. The Morgan fingerprint density at radius 3 is 2.41 bits per heavy atom. The Balaban J connectivity index is 1.43. The van der Waals surface area contributed by atoms with E-state index in [0.717, 1.165) is 37.4 Å². The van der Waals surface area contributed by atoms with Crippen molar-refractivity contribution in [1.29, 1.82) is 0 Å². The van der Waals surface area contributed by atoms with Crippen LogP contribution in [-0.4, -0.2) is 54.5 Å². The molecule has 1 aromatic carbocycles. The topological polar surface area (TPSA) is 67.8 Å². The van der Waals surface area contributed by atoms with Gasteiger partial charge in [-0.25, -0.2) is 9.97 Å². The zero-order valence-electron chi connectivity index (χ0n) is 15.5. The van der Waals surface area contributed by atoms with Crippen LogP contribution in [-0.2, 0) is 9.47 Å². The molecule has 3 heterocycles. The maximum atomic E-state index is 12.8. The average Bonchev–Trinajstić information content (AvgIpc) is 3.18. The number of piperidine rings is 1. The number of hydrogen-bond donors (Lipinski definition) is 0. The summed E-state index contributed by atoms with van der Waals surface area (Å²) in [5, 5.41) is 0. The molecule has 7 nitrogen and oxygen atoms in total. The molecule has 0 aliphatic carbocycles. The lowest BCUT2D eigenvalue weighted by Gasteiger charge is -2.37. The SMILES string of the molecule is CCN(C(=O)c1cnc(N2CCC3(CC2)OCCO3)cn1)c1ccccc1. The number of hydrogen-bond acceptors (Lipinski definition) is 6. The number of carbonyl (C=O) groups excluding carboxylic acids is 1. The van der Waals surface area contributed by atoms with Crippen molar-refractivity contribution < 1.29 is 14.3 Å². The minimum absolute atomic E-state index is 0.145. The fourth-order valence-corrected chi connectivity index (χ4v) is 3.65. The number of carbonyl (C=O) groups is 1. The van der Waals surface area contributed by atoms with Gasteiger partial charge in [0.25, 0.3) is 5.91 Å². The highest BCUT2D eigenvalue weighted by atomic mass is 16.7. The van der Waals surface area contributed by atoms with E-state index >= 15 is 0 Å². The number of anilines is 2. The molecule has 27 heavy (non-hydrogen) atoms. The molecule has 1 amide bonds. The van der Waals surface area contributed by atoms with Gasteiger partial charge in [-0.1, -0.05) is 18.2 Å². The lowest BCUT2D eigenvalue weighted by Crippen LogP contribution is -2.45. The highest BCUT2D eigenvalue weighted by Crippen LogP contribution is 2.32. The molecule has 2 saturated heterocycles. The van der Waals surface area contributed by atoms with Crippen molar-refractivity contribution in [2.24, 2.45) is 0 Å². The van der Waals surface area contributed by atoms with Crippen LogP contribution in [0.3, 0.4) is 0 Å². The van der Waals surface area contributed by atoms with E-state index in [1.54, 1.807) is 17.3 Å². The summed E-state index contributed by atoms with van der Waals surface area (Å²) in [6.45, 7) is 5.46. The molecule has 4 rings (SSSR count). The third-order valence-corrected chi connectivity index (χ3v) is 5.15. The lowest BCUT2D eigenvalue weighted by atomic mass is 10.0. The minimum atomic E-state index is -0.406. The molecule has 1 spiro atoms. The smallest absolute Gasteiger partial charge is 0.278 e. The Hall–Kier alpha value is -2.51. The summed E-state index contributed by atoms with van der Waals surface area (Å²) in [6.07, 6.45) is 4.87. The standard InChI is InChI=1S/C20H24N4O3/c1-2-24(16-6-4-3-5-7-16)19(25)17-14-22-18(15-21-17)23-10-8-20(9-11-23)26-12-13-27-20/h3-7,14-15H,2,8-13H2,1H3. The molecule has 0 saturated carbocycles. The van der Waals surface area contributed by atoms with Crippen molar-refractivity contribution in [2.45, 2.75) is 25.6 Å². The Morgan fingerprint density at radius 2 is 1.81 bits per heavy atom. The highest BCUT2D eigenvalue weighted by molar-refractivity contribution is 6.04. The Kier molecular flexibility index (Phi) is 5.05. The van der Waals surface area contributed by atoms with E-state index in [2.05, 4.69) is 14.9 Å². The van der Waals surface area contributed by atoms with Crippen LogP contribution in [0.15, 0.2) is 42.7 Å². The van der Waals surface area contributed by atoms with Gasteiger partial charge in [-0.15, -0.1) is 0 Å². The molecular weight excluding hydrogens is 344 g/mol. The van der Waals surface area contributed by atoms with Gasteiger partial charge < -0.3 is 19.3 Å². The fraction of sp³-hybridized carbons (Fsp3) is 0.450. The fourth-order valence-electron chi connectivity index (χ4n) is 3.65. The van der Waals surface area contributed by atoms with Crippen molar-refractivity contribution in [3.8, 4) is 0 Å². The van der Waals surface area contributed by atoms with Crippen molar-refractivity contribution >= 4 is 17.4 Å². The number of nitrogens with zero attached hydrogens (tertiary/aromatic N) is 4. The number of ether oxygens (including phenoxy) is 2. The van der Waals surface area contributed by atoms with E-state index in [1.165, 1.54) is 0 Å². The van der Waals surface area contributed by atoms with Gasteiger partial charge in [-0.2, -0.15) is 0 Å². The van der Waals surface area contributed by atoms with Crippen LogP contribution in [0.4, 0.5) is 11.5 Å². The second-order valence-electron chi connectivity index (χ2n) is 6.74. The summed E-state index contributed by atoms with van der Waals surface area (Å²) in [6, 6.07) is 9.60. The molecule has 7 heteroatoms. The Morgan fingerprint density at radius 1 is 1.11 bits per heavy atom. The molecule has 1 aromatic heterocycles. The summed E-state index contributed by atoms with van der Waals surface area (Å²) in [4.78, 5) is 25.5. The number of rotatable bonds is 4. The Bertz CT molecular complexity index is 766. The summed E-state index contributed by atoms with van der Waals surface area (Å²) in [5.74, 6) is 0.229. The van der Waals surface area contributed by atoms with Crippen LogP contribution in [0.5, 0.6) is 0 Å². The number of aromatic nitrogens is 2. The monoisotopic (exact) mass is 368 g/mol. The Labute approximate surface area is 158 Å². The van der Waals surface area contributed by atoms with E-state index in [4.69, 9.17) is 9.47 Å². The van der Waals surface area contributed by atoms with E-state index < -0.39 is 5.79 Å². The second-order valence-corrected chi connectivity index (χ2v) is 6.74. The summed E-state index contributed by atoms with van der Waals surface area (Å²) < 4.78 is 11.5. The van der Waals surface area contributed by atoms with E-state index in [1.807, 2.05) is 37.3 Å². The van der Waals surface area contributed by atoms with Crippen LogP contribution in [0.1, 0.15) is 30.3 Å². The summed E-state index contributed by atoms with van der Waals surface area (Å²) >= 11 is 0. The molecular formula is C20H24N4O3. The van der Waals surface area contributed by atoms with Gasteiger partial charge in [0.15, 0.2) is 5.79 Å². The summed E-state index contributed by atoms with van der Waals surface area (Å²) in [5.41, 5.74) is 1.20. The van der Waals surface area contributed by atoms with Gasteiger partial charge in [0.1, 0.15) is 11.5 Å². The van der Waals surface area contributed by atoms with Gasteiger partial charge in [0.2, 0.25) is 0 Å². The molecule has 2 fully saturated rings. The number of amides is 1. The molecule has 2 aliphatic rings. The lowest BCUT2D eigenvalue weighted by molar-refractivity contribution is -0.169. The van der Waals surface area contributed by atoms with Gasteiger partial charge in [-0.05, 0) is 19.1 Å². The molecule has 0 atom stereocenters. The van der Waals surface area contributed by atoms with Crippen molar-refractivity contribution in [2.75, 3.05) is 42.6 Å². The van der Waals surface area contributed by atoms with Crippen LogP contribution in [0, 0.1) is 0 Å². The van der Waals surface area contributed by atoms with Gasteiger partial charge in [0, 0.05) is 38.2 Å². The first kappa shape index (κ1) is 17.9. The molecule has 142 valence electrons. The predicted octanol–water partition coefficient (Wildman–Crippen LogP) is 2.49. The third-order valence-electron chi connectivity index (χ3n) is 5.15. The molecule has 2 aromatic rings. The van der Waals surface area contributed by atoms with Crippen molar-refractivity contribution in [1.82, 2.24) is 9.97 Å².